The molecule has 1 aromatic heterocycles. The highest BCUT2D eigenvalue weighted by atomic mass is 16.2. The van der Waals surface area contributed by atoms with Crippen molar-refractivity contribution in [3.63, 3.8) is 0 Å². The Morgan fingerprint density at radius 2 is 2.26 bits per heavy atom. The monoisotopic (exact) mass is 264 g/mol. The quantitative estimate of drug-likeness (QED) is 0.897. The van der Waals surface area contributed by atoms with Crippen LogP contribution in [0.3, 0.4) is 0 Å². The number of aryl methyl sites for hydroxylation is 2. The smallest absolute Gasteiger partial charge is 0.272 e. The van der Waals surface area contributed by atoms with Gasteiger partial charge in [0, 0.05) is 25.7 Å². The summed E-state index contributed by atoms with van der Waals surface area (Å²) in [5.74, 6) is 0.504. The van der Waals surface area contributed by atoms with Crippen LogP contribution in [-0.4, -0.2) is 39.7 Å². The fourth-order valence-electron chi connectivity index (χ4n) is 2.79. The second-order valence-electron chi connectivity index (χ2n) is 5.36. The summed E-state index contributed by atoms with van der Waals surface area (Å²) < 4.78 is 1.78. The van der Waals surface area contributed by atoms with Gasteiger partial charge in [0.05, 0.1) is 5.69 Å². The van der Waals surface area contributed by atoms with E-state index >= 15 is 0 Å². The van der Waals surface area contributed by atoms with E-state index in [0.29, 0.717) is 11.6 Å². The maximum Gasteiger partial charge on any atom is 0.272 e. The maximum atomic E-state index is 12.6. The molecule has 5 heteroatoms. The molecule has 2 atom stereocenters. The molecular weight excluding hydrogens is 240 g/mol. The third kappa shape index (κ3) is 2.81. The number of amides is 1. The molecule has 0 bridgehead atoms. The Balaban J connectivity index is 2.15. The van der Waals surface area contributed by atoms with Crippen molar-refractivity contribution in [3.05, 3.63) is 17.5 Å². The number of piperidine rings is 1. The lowest BCUT2D eigenvalue weighted by atomic mass is 9.90. The van der Waals surface area contributed by atoms with Gasteiger partial charge in [-0.1, -0.05) is 13.3 Å². The van der Waals surface area contributed by atoms with Crippen molar-refractivity contribution >= 4 is 5.91 Å². The van der Waals surface area contributed by atoms with Crippen molar-refractivity contribution in [2.45, 2.75) is 46.2 Å². The van der Waals surface area contributed by atoms with E-state index in [0.717, 1.165) is 38.2 Å². The molecule has 0 aliphatic carbocycles. The number of nitrogens with two attached hydrogens (primary N) is 1. The number of hydrogen-bond donors (Lipinski definition) is 1. The van der Waals surface area contributed by atoms with Gasteiger partial charge in [-0.15, -0.1) is 0 Å². The Labute approximate surface area is 114 Å². The fraction of sp³-hybridized carbons (Fsp3) is 0.714. The van der Waals surface area contributed by atoms with E-state index in [9.17, 15) is 4.79 Å². The predicted octanol–water partition coefficient (Wildman–Crippen LogP) is 1.41. The Morgan fingerprint density at radius 3 is 2.89 bits per heavy atom. The lowest BCUT2D eigenvalue weighted by Crippen LogP contribution is -2.49. The SMILES string of the molecule is CCC1CN(C(=O)c2cc(C)nn2CC)CCC1N. The van der Waals surface area contributed by atoms with Gasteiger partial charge in [0.2, 0.25) is 0 Å². The molecule has 2 heterocycles. The van der Waals surface area contributed by atoms with Gasteiger partial charge in [0.25, 0.3) is 5.91 Å². The van der Waals surface area contributed by atoms with Crippen LogP contribution < -0.4 is 5.73 Å². The number of nitrogens with zero attached hydrogens (tertiary/aromatic N) is 3. The Bertz CT molecular complexity index is 454. The standard InChI is InChI=1S/C14H24N4O/c1-4-11-9-17(7-6-12(11)15)14(19)13-8-10(3)16-18(13)5-2/h8,11-12H,4-7,9,15H2,1-3H3. The van der Waals surface area contributed by atoms with E-state index in [-0.39, 0.29) is 11.9 Å². The number of aromatic nitrogens is 2. The van der Waals surface area contributed by atoms with Crippen molar-refractivity contribution < 1.29 is 4.79 Å². The van der Waals surface area contributed by atoms with Gasteiger partial charge in [-0.3, -0.25) is 9.48 Å². The molecule has 2 N–H and O–H groups in total. The van der Waals surface area contributed by atoms with Gasteiger partial charge in [-0.05, 0) is 32.3 Å². The normalized spacial score (nSPS) is 23.7. The lowest BCUT2D eigenvalue weighted by Gasteiger charge is -2.36. The Kier molecular flexibility index (Phi) is 4.24. The molecule has 1 amide bonds. The van der Waals surface area contributed by atoms with Gasteiger partial charge in [0.1, 0.15) is 5.69 Å². The van der Waals surface area contributed by atoms with Crippen LogP contribution in [0, 0.1) is 12.8 Å². The van der Waals surface area contributed by atoms with Crippen LogP contribution in [-0.2, 0) is 6.54 Å². The highest BCUT2D eigenvalue weighted by Gasteiger charge is 2.29. The van der Waals surface area contributed by atoms with E-state index in [2.05, 4.69) is 12.0 Å². The van der Waals surface area contributed by atoms with Gasteiger partial charge >= 0.3 is 0 Å². The highest BCUT2D eigenvalue weighted by Crippen LogP contribution is 2.20. The molecule has 1 aromatic rings. The summed E-state index contributed by atoms with van der Waals surface area (Å²) in [7, 11) is 0. The van der Waals surface area contributed by atoms with Gasteiger partial charge < -0.3 is 10.6 Å². The molecule has 2 rings (SSSR count). The van der Waals surface area contributed by atoms with E-state index in [4.69, 9.17) is 5.73 Å². The maximum absolute atomic E-state index is 12.6. The summed E-state index contributed by atoms with van der Waals surface area (Å²) >= 11 is 0. The number of carbonyl (C=O) groups excluding carboxylic acids is 1. The summed E-state index contributed by atoms with van der Waals surface area (Å²) in [6.45, 7) is 8.31. The molecule has 1 aliphatic heterocycles. The molecule has 1 saturated heterocycles. The second kappa shape index (κ2) is 5.74. The van der Waals surface area contributed by atoms with Crippen LogP contribution >= 0.6 is 0 Å². The van der Waals surface area contributed by atoms with E-state index < -0.39 is 0 Å². The second-order valence-corrected chi connectivity index (χ2v) is 5.36. The van der Waals surface area contributed by atoms with E-state index in [1.54, 1.807) is 4.68 Å². The van der Waals surface area contributed by atoms with Crippen LogP contribution in [0.2, 0.25) is 0 Å². The first kappa shape index (κ1) is 14.1. The molecule has 0 radical (unpaired) electrons. The molecule has 5 nitrogen and oxygen atoms in total. The third-order valence-electron chi connectivity index (χ3n) is 4.03. The third-order valence-corrected chi connectivity index (χ3v) is 4.03. The van der Waals surface area contributed by atoms with Crippen molar-refractivity contribution in [1.29, 1.82) is 0 Å². The van der Waals surface area contributed by atoms with Gasteiger partial charge in [0.15, 0.2) is 0 Å². The zero-order valence-corrected chi connectivity index (χ0v) is 12.1. The van der Waals surface area contributed by atoms with Crippen LogP contribution in [0.25, 0.3) is 0 Å². The highest BCUT2D eigenvalue weighted by molar-refractivity contribution is 5.92. The minimum absolute atomic E-state index is 0.0906. The lowest BCUT2D eigenvalue weighted by molar-refractivity contribution is 0.0636. The zero-order chi connectivity index (χ0) is 14.0. The molecular formula is C14H24N4O. The minimum atomic E-state index is 0.0906. The van der Waals surface area contributed by atoms with Crippen LogP contribution in [0.4, 0.5) is 0 Å². The van der Waals surface area contributed by atoms with Gasteiger partial charge in [-0.2, -0.15) is 5.10 Å². The molecule has 19 heavy (non-hydrogen) atoms. The summed E-state index contributed by atoms with van der Waals surface area (Å²) in [5.41, 5.74) is 7.69. The molecule has 0 aromatic carbocycles. The molecule has 1 aliphatic rings. The predicted molar refractivity (Wildman–Crippen MR) is 74.9 cm³/mol. The number of rotatable bonds is 3. The summed E-state index contributed by atoms with van der Waals surface area (Å²) in [5, 5.41) is 4.34. The van der Waals surface area contributed by atoms with Crippen LogP contribution in [0.1, 0.15) is 42.9 Å². The Morgan fingerprint density at radius 1 is 1.53 bits per heavy atom. The number of likely N-dealkylation sites (tertiary alicyclic amines) is 1. The van der Waals surface area contributed by atoms with E-state index in [1.165, 1.54) is 0 Å². The summed E-state index contributed by atoms with van der Waals surface area (Å²) in [4.78, 5) is 14.5. The van der Waals surface area contributed by atoms with E-state index in [1.807, 2.05) is 24.8 Å². The fourth-order valence-corrected chi connectivity index (χ4v) is 2.79. The largest absolute Gasteiger partial charge is 0.337 e. The first-order chi connectivity index (χ1) is 9.06. The number of hydrogen-bond acceptors (Lipinski definition) is 3. The van der Waals surface area contributed by atoms with Crippen molar-refractivity contribution in [1.82, 2.24) is 14.7 Å². The summed E-state index contributed by atoms with van der Waals surface area (Å²) in [6, 6.07) is 2.10. The molecule has 2 unspecified atom stereocenters. The molecule has 0 spiro atoms. The van der Waals surface area contributed by atoms with Crippen molar-refractivity contribution in [2.75, 3.05) is 13.1 Å². The van der Waals surface area contributed by atoms with Crippen LogP contribution in [0.5, 0.6) is 0 Å². The average molecular weight is 264 g/mol. The van der Waals surface area contributed by atoms with Crippen molar-refractivity contribution in [2.24, 2.45) is 11.7 Å². The first-order valence-corrected chi connectivity index (χ1v) is 7.16. The minimum Gasteiger partial charge on any atom is -0.337 e. The van der Waals surface area contributed by atoms with Crippen molar-refractivity contribution in [3.8, 4) is 0 Å². The topological polar surface area (TPSA) is 64.2 Å². The molecule has 1 fully saturated rings. The number of carbonyl (C=O) groups is 1. The zero-order valence-electron chi connectivity index (χ0n) is 12.1. The van der Waals surface area contributed by atoms with Crippen LogP contribution in [0.15, 0.2) is 6.07 Å². The average Bonchev–Trinajstić information content (AvgIpc) is 2.79. The summed E-state index contributed by atoms with van der Waals surface area (Å²) in [6.07, 6.45) is 1.92. The Hall–Kier alpha value is -1.36. The molecule has 0 saturated carbocycles. The molecule has 106 valence electrons. The first-order valence-electron chi connectivity index (χ1n) is 7.16. The van der Waals surface area contributed by atoms with Gasteiger partial charge in [-0.25, -0.2) is 0 Å².